The summed E-state index contributed by atoms with van der Waals surface area (Å²) < 4.78 is 0. The molecule has 2 amide bonds. The number of hydrogen-bond acceptors (Lipinski definition) is 4. The van der Waals surface area contributed by atoms with Crippen LogP contribution >= 0.6 is 0 Å². The zero-order chi connectivity index (χ0) is 37.2. The van der Waals surface area contributed by atoms with Gasteiger partial charge in [-0.2, -0.15) is 0 Å². The van der Waals surface area contributed by atoms with Gasteiger partial charge < -0.3 is 0 Å². The minimum absolute atomic E-state index is 0.0152. The van der Waals surface area contributed by atoms with Gasteiger partial charge in [-0.3, -0.25) is 9.59 Å². The zero-order valence-electron chi connectivity index (χ0n) is 29.9. The van der Waals surface area contributed by atoms with Crippen LogP contribution in [0.5, 0.6) is 0 Å². The molecular weight excluding hydrogens is 675 g/mol. The highest BCUT2D eigenvalue weighted by atomic mass is 16.2. The number of anilines is 1. The lowest BCUT2D eigenvalue weighted by Gasteiger charge is -2.43. The number of nitrogens with zero attached hydrogens (tertiary/aromatic N) is 3. The van der Waals surface area contributed by atoms with Crippen LogP contribution in [0.4, 0.5) is 5.95 Å². The molecule has 2 heterocycles. The molecule has 1 fully saturated rings. The van der Waals surface area contributed by atoms with Crippen LogP contribution in [-0.4, -0.2) is 21.8 Å². The van der Waals surface area contributed by atoms with Crippen LogP contribution in [-0.2, 0) is 20.4 Å². The quantitative estimate of drug-likeness (QED) is 0.147. The molecule has 0 saturated carbocycles. The van der Waals surface area contributed by atoms with E-state index in [4.69, 9.17) is 9.97 Å². The minimum Gasteiger partial charge on any atom is -0.272 e. The number of carbonyl (C=O) groups excluding carboxylic acids is 2. The first-order chi connectivity index (χ1) is 27.1. The van der Waals surface area contributed by atoms with Gasteiger partial charge in [-0.1, -0.05) is 200 Å². The Morgan fingerprint density at radius 3 is 1.07 bits per heavy atom. The molecule has 1 aliphatic heterocycles. The second-order valence-electron chi connectivity index (χ2n) is 13.7. The van der Waals surface area contributed by atoms with Gasteiger partial charge in [0, 0.05) is 11.1 Å². The lowest BCUT2D eigenvalue weighted by atomic mass is 9.53. The van der Waals surface area contributed by atoms with Gasteiger partial charge in [0.1, 0.15) is 10.8 Å². The average Bonchev–Trinajstić information content (AvgIpc) is 3.48. The Hall–Kier alpha value is -7.24. The summed E-state index contributed by atoms with van der Waals surface area (Å²) in [6.45, 7) is 0. The van der Waals surface area contributed by atoms with E-state index in [0.29, 0.717) is 33.6 Å². The predicted molar refractivity (Wildman–Crippen MR) is 218 cm³/mol. The highest BCUT2D eigenvalue weighted by Gasteiger charge is 2.73. The molecule has 1 saturated heterocycles. The minimum atomic E-state index is -1.56. The van der Waals surface area contributed by atoms with Crippen molar-refractivity contribution in [3.05, 3.63) is 235 Å². The Bertz CT molecular complexity index is 2440. The van der Waals surface area contributed by atoms with Crippen molar-refractivity contribution in [1.82, 2.24) is 9.97 Å². The topological polar surface area (TPSA) is 63.2 Å². The van der Waals surface area contributed by atoms with Crippen molar-refractivity contribution in [3.63, 3.8) is 0 Å². The van der Waals surface area contributed by atoms with Gasteiger partial charge in [0.2, 0.25) is 5.95 Å². The maximum absolute atomic E-state index is 16.2. The van der Waals surface area contributed by atoms with Crippen molar-refractivity contribution in [2.75, 3.05) is 4.90 Å². The van der Waals surface area contributed by atoms with E-state index >= 15 is 9.59 Å². The number of aromatic nitrogens is 2. The molecule has 5 heteroatoms. The predicted octanol–water partition coefficient (Wildman–Crippen LogP) is 10.3. The molecule has 0 atom stereocenters. The van der Waals surface area contributed by atoms with Crippen LogP contribution in [0.25, 0.3) is 33.6 Å². The Morgan fingerprint density at radius 1 is 0.327 bits per heavy atom. The van der Waals surface area contributed by atoms with Crippen molar-refractivity contribution >= 4 is 17.8 Å². The summed E-state index contributed by atoms with van der Waals surface area (Å²) >= 11 is 0. The van der Waals surface area contributed by atoms with Crippen molar-refractivity contribution in [1.29, 1.82) is 0 Å². The molecule has 55 heavy (non-hydrogen) atoms. The SMILES string of the molecule is O=C1N(c2nc(-c3ccccc3)cc(-c3cccc(-c4ccccc4)c3)n2)C(=O)C(c2ccccc2)(c2ccccc2)C1(c1ccccc1)c1ccccc1. The summed E-state index contributed by atoms with van der Waals surface area (Å²) in [5, 5.41) is 0. The van der Waals surface area contributed by atoms with Crippen LogP contribution in [0.1, 0.15) is 22.3 Å². The Kier molecular flexibility index (Phi) is 8.52. The second-order valence-corrected chi connectivity index (χ2v) is 13.7. The fraction of sp³-hybridized carbons (Fsp3) is 0.0400. The molecule has 0 radical (unpaired) electrons. The fourth-order valence-electron chi connectivity index (χ4n) is 8.30. The van der Waals surface area contributed by atoms with Crippen molar-refractivity contribution in [2.24, 2.45) is 0 Å². The average molecular weight is 710 g/mol. The molecule has 0 aliphatic carbocycles. The van der Waals surface area contributed by atoms with Crippen molar-refractivity contribution in [3.8, 4) is 33.6 Å². The van der Waals surface area contributed by atoms with Crippen LogP contribution in [0.15, 0.2) is 212 Å². The van der Waals surface area contributed by atoms with Crippen LogP contribution in [0, 0.1) is 0 Å². The number of rotatable bonds is 8. The van der Waals surface area contributed by atoms with E-state index < -0.39 is 22.6 Å². The van der Waals surface area contributed by atoms with E-state index in [0.717, 1.165) is 22.3 Å². The summed E-state index contributed by atoms with van der Waals surface area (Å²) in [6.07, 6.45) is 0. The Morgan fingerprint density at radius 2 is 0.655 bits per heavy atom. The third-order valence-corrected chi connectivity index (χ3v) is 10.7. The monoisotopic (exact) mass is 709 g/mol. The molecule has 262 valence electrons. The number of imide groups is 1. The third-order valence-electron chi connectivity index (χ3n) is 10.7. The molecule has 9 rings (SSSR count). The molecule has 8 aromatic rings. The van der Waals surface area contributed by atoms with Crippen LogP contribution in [0.2, 0.25) is 0 Å². The van der Waals surface area contributed by atoms with E-state index in [1.54, 1.807) is 0 Å². The normalized spacial score (nSPS) is 14.5. The first-order valence-electron chi connectivity index (χ1n) is 18.3. The first-order valence-corrected chi connectivity index (χ1v) is 18.3. The standard InChI is InChI=1S/C50H35N3O2/c54-46-49(40-26-11-3-12-27-40,41-28-13-4-14-29-41)50(42-30-15-5-16-31-42,43-32-17-6-18-33-43)47(55)53(46)48-51-44(37-22-9-2-10-23-37)35-45(52-48)39-25-19-24-38(34-39)36-20-7-1-8-21-36/h1-35H. The molecule has 0 N–H and O–H groups in total. The Balaban J connectivity index is 1.37. The van der Waals surface area contributed by atoms with Gasteiger partial charge in [0.05, 0.1) is 11.4 Å². The first kappa shape index (κ1) is 33.6. The summed E-state index contributed by atoms with van der Waals surface area (Å²) in [5.74, 6) is -0.852. The molecule has 1 aliphatic rings. The third kappa shape index (κ3) is 5.40. The fourth-order valence-corrected chi connectivity index (χ4v) is 8.30. The highest BCUT2D eigenvalue weighted by molar-refractivity contribution is 6.31. The van der Waals surface area contributed by atoms with E-state index in [1.807, 2.05) is 188 Å². The highest BCUT2D eigenvalue weighted by Crippen LogP contribution is 2.59. The van der Waals surface area contributed by atoms with Gasteiger partial charge >= 0.3 is 0 Å². The van der Waals surface area contributed by atoms with E-state index in [2.05, 4.69) is 24.3 Å². The maximum atomic E-state index is 16.2. The Labute approximate surface area is 320 Å². The molecular formula is C50H35N3O2. The maximum Gasteiger partial charge on any atom is 0.253 e. The van der Waals surface area contributed by atoms with E-state index in [-0.39, 0.29) is 5.95 Å². The smallest absolute Gasteiger partial charge is 0.253 e. The zero-order valence-corrected chi connectivity index (χ0v) is 29.9. The lowest BCUT2D eigenvalue weighted by molar-refractivity contribution is -0.122. The molecule has 1 aromatic heterocycles. The van der Waals surface area contributed by atoms with E-state index in [1.165, 1.54) is 4.90 Å². The number of hydrogen-bond donors (Lipinski definition) is 0. The van der Waals surface area contributed by atoms with E-state index in [9.17, 15) is 0 Å². The van der Waals surface area contributed by atoms with Gasteiger partial charge in [-0.15, -0.1) is 0 Å². The summed E-state index contributed by atoms with van der Waals surface area (Å²) in [6, 6.07) is 68.7. The van der Waals surface area contributed by atoms with Crippen LogP contribution < -0.4 is 4.90 Å². The summed E-state index contributed by atoms with van der Waals surface area (Å²) in [7, 11) is 0. The van der Waals surface area contributed by atoms with Gasteiger partial charge in [-0.25, -0.2) is 14.9 Å². The van der Waals surface area contributed by atoms with Crippen LogP contribution in [0.3, 0.4) is 0 Å². The van der Waals surface area contributed by atoms with Gasteiger partial charge in [0.25, 0.3) is 11.8 Å². The number of benzene rings is 7. The van der Waals surface area contributed by atoms with Gasteiger partial charge in [0.15, 0.2) is 0 Å². The summed E-state index contributed by atoms with van der Waals surface area (Å²) in [5.41, 5.74) is 4.55. The van der Waals surface area contributed by atoms with Crippen molar-refractivity contribution in [2.45, 2.75) is 10.8 Å². The molecule has 0 spiro atoms. The molecule has 0 bridgehead atoms. The molecule has 5 nitrogen and oxygen atoms in total. The number of amides is 2. The summed E-state index contributed by atoms with van der Waals surface area (Å²) in [4.78, 5) is 43.8. The largest absolute Gasteiger partial charge is 0.272 e. The molecule has 0 unspecified atom stereocenters. The van der Waals surface area contributed by atoms with Crippen molar-refractivity contribution < 1.29 is 9.59 Å². The lowest BCUT2D eigenvalue weighted by Crippen LogP contribution is -2.53. The second kappa shape index (κ2) is 14.0. The number of carbonyl (C=O) groups is 2. The van der Waals surface area contributed by atoms with Gasteiger partial charge in [-0.05, 0) is 45.5 Å². The molecule has 7 aromatic carbocycles.